The molecule has 3 aromatic rings. The third-order valence-corrected chi connectivity index (χ3v) is 5.89. The Morgan fingerprint density at radius 2 is 1.74 bits per heavy atom. The number of hydrogen-bond acceptors (Lipinski definition) is 3. The molecule has 1 N–H and O–H groups in total. The number of para-hydroxylation sites is 1. The lowest BCUT2D eigenvalue weighted by Gasteiger charge is -2.12. The molecule has 4 heteroatoms. The van der Waals surface area contributed by atoms with Gasteiger partial charge in [-0.05, 0) is 47.4 Å². The van der Waals surface area contributed by atoms with Gasteiger partial charge in [0.25, 0.3) is 0 Å². The number of halogens is 1. The van der Waals surface area contributed by atoms with Crippen molar-refractivity contribution in [3.05, 3.63) is 88.4 Å². The molecule has 1 aromatic heterocycles. The molecule has 1 aliphatic heterocycles. The van der Waals surface area contributed by atoms with E-state index in [0.29, 0.717) is 0 Å². The predicted molar refractivity (Wildman–Crippen MR) is 97.4 cm³/mol. The highest BCUT2D eigenvalue weighted by Crippen LogP contribution is 2.44. The zero-order valence-electron chi connectivity index (χ0n) is 12.2. The zero-order chi connectivity index (χ0) is 15.6. The van der Waals surface area contributed by atoms with E-state index >= 15 is 0 Å². The van der Waals surface area contributed by atoms with Gasteiger partial charge in [-0.25, -0.2) is 4.39 Å². The van der Waals surface area contributed by atoms with Gasteiger partial charge in [-0.3, -0.25) is 0 Å². The molecular weight excluding hydrogens is 325 g/mol. The quantitative estimate of drug-likeness (QED) is 0.597. The molecule has 2 aromatic carbocycles. The lowest BCUT2D eigenvalue weighted by atomic mass is 10.1. The smallest absolute Gasteiger partial charge is 0.123 e. The number of thioether (sulfide) groups is 1. The summed E-state index contributed by atoms with van der Waals surface area (Å²) >= 11 is 3.49. The van der Waals surface area contributed by atoms with E-state index in [1.54, 1.807) is 23.1 Å². The first-order valence-corrected chi connectivity index (χ1v) is 9.09. The SMILES string of the molecule is Fc1ccc(C2C=C(c3cccs3)Nc3ccccc3S2)cc1. The molecule has 2 heterocycles. The average Bonchev–Trinajstić information content (AvgIpc) is 3.03. The van der Waals surface area contributed by atoms with Crippen LogP contribution >= 0.6 is 23.1 Å². The molecule has 0 saturated heterocycles. The summed E-state index contributed by atoms with van der Waals surface area (Å²) in [6.45, 7) is 0. The monoisotopic (exact) mass is 339 g/mol. The first kappa shape index (κ1) is 14.5. The summed E-state index contributed by atoms with van der Waals surface area (Å²) in [5, 5.41) is 5.77. The first-order chi connectivity index (χ1) is 11.3. The van der Waals surface area contributed by atoms with Gasteiger partial charge in [-0.1, -0.05) is 30.3 Å². The van der Waals surface area contributed by atoms with E-state index in [4.69, 9.17) is 0 Å². The van der Waals surface area contributed by atoms with Gasteiger partial charge in [0.05, 0.1) is 21.5 Å². The molecule has 0 radical (unpaired) electrons. The Morgan fingerprint density at radius 1 is 0.913 bits per heavy atom. The number of fused-ring (bicyclic) bond motifs is 1. The largest absolute Gasteiger partial charge is 0.354 e. The van der Waals surface area contributed by atoms with E-state index in [1.807, 2.05) is 24.3 Å². The van der Waals surface area contributed by atoms with Crippen molar-refractivity contribution in [2.75, 3.05) is 5.32 Å². The lowest BCUT2D eigenvalue weighted by Crippen LogP contribution is -1.97. The van der Waals surface area contributed by atoms with Crippen LogP contribution < -0.4 is 5.32 Å². The second-order valence-electron chi connectivity index (χ2n) is 5.27. The van der Waals surface area contributed by atoms with Gasteiger partial charge in [0, 0.05) is 4.90 Å². The van der Waals surface area contributed by atoms with Gasteiger partial charge >= 0.3 is 0 Å². The maximum atomic E-state index is 13.2. The predicted octanol–water partition coefficient (Wildman–Crippen LogP) is 6.19. The fourth-order valence-corrected chi connectivity index (χ4v) is 4.45. The standard InChI is InChI=1S/C19H14FNS2/c20-14-9-7-13(8-10-14)19-12-16(17-6-3-11-22-17)21-15-4-1-2-5-18(15)23-19/h1-12,19,21H. The number of hydrogen-bond donors (Lipinski definition) is 1. The number of rotatable bonds is 2. The summed E-state index contributed by atoms with van der Waals surface area (Å²) in [4.78, 5) is 2.40. The van der Waals surface area contributed by atoms with Gasteiger partial charge in [0.15, 0.2) is 0 Å². The van der Waals surface area contributed by atoms with Crippen LogP contribution in [0.25, 0.3) is 5.70 Å². The Balaban J connectivity index is 1.80. The highest BCUT2D eigenvalue weighted by molar-refractivity contribution is 7.99. The van der Waals surface area contributed by atoms with Crippen molar-refractivity contribution in [2.24, 2.45) is 0 Å². The van der Waals surface area contributed by atoms with Crippen LogP contribution in [0, 0.1) is 5.82 Å². The van der Waals surface area contributed by atoms with Crippen LogP contribution in [-0.4, -0.2) is 0 Å². The summed E-state index contributed by atoms with van der Waals surface area (Å²) in [6, 6.07) is 19.3. The minimum Gasteiger partial charge on any atom is -0.354 e. The van der Waals surface area contributed by atoms with E-state index in [1.165, 1.54) is 21.9 Å². The molecule has 23 heavy (non-hydrogen) atoms. The normalized spacial score (nSPS) is 16.9. The second kappa shape index (κ2) is 6.22. The Bertz CT molecular complexity index is 838. The van der Waals surface area contributed by atoms with Crippen LogP contribution in [0.3, 0.4) is 0 Å². The van der Waals surface area contributed by atoms with Crippen molar-refractivity contribution in [3.63, 3.8) is 0 Å². The molecule has 1 unspecified atom stereocenters. The van der Waals surface area contributed by atoms with Crippen molar-refractivity contribution in [1.29, 1.82) is 0 Å². The average molecular weight is 339 g/mol. The Kier molecular flexibility index (Phi) is 3.93. The second-order valence-corrected chi connectivity index (χ2v) is 7.40. The molecule has 1 atom stereocenters. The molecule has 1 aliphatic rings. The molecule has 0 saturated carbocycles. The maximum Gasteiger partial charge on any atom is 0.123 e. The highest BCUT2D eigenvalue weighted by Gasteiger charge is 2.19. The highest BCUT2D eigenvalue weighted by atomic mass is 32.2. The van der Waals surface area contributed by atoms with Gasteiger partial charge in [-0.2, -0.15) is 0 Å². The van der Waals surface area contributed by atoms with Crippen LogP contribution in [0.4, 0.5) is 10.1 Å². The summed E-state index contributed by atoms with van der Waals surface area (Å²) < 4.78 is 13.2. The molecule has 0 aliphatic carbocycles. The molecular formula is C19H14FNS2. The minimum atomic E-state index is -0.201. The van der Waals surface area contributed by atoms with Crippen LogP contribution in [0.15, 0.2) is 77.0 Å². The molecule has 0 spiro atoms. The van der Waals surface area contributed by atoms with Crippen molar-refractivity contribution < 1.29 is 4.39 Å². The summed E-state index contributed by atoms with van der Waals surface area (Å²) in [6.07, 6.45) is 2.23. The van der Waals surface area contributed by atoms with E-state index < -0.39 is 0 Å². The van der Waals surface area contributed by atoms with Crippen molar-refractivity contribution in [1.82, 2.24) is 0 Å². The number of thiophene rings is 1. The van der Waals surface area contributed by atoms with Crippen LogP contribution in [0.2, 0.25) is 0 Å². The molecule has 114 valence electrons. The van der Waals surface area contributed by atoms with Crippen LogP contribution in [0.5, 0.6) is 0 Å². The van der Waals surface area contributed by atoms with E-state index in [9.17, 15) is 4.39 Å². The topological polar surface area (TPSA) is 12.0 Å². The van der Waals surface area contributed by atoms with E-state index in [-0.39, 0.29) is 11.1 Å². The first-order valence-electron chi connectivity index (χ1n) is 7.33. The zero-order valence-corrected chi connectivity index (χ0v) is 13.8. The van der Waals surface area contributed by atoms with Crippen molar-refractivity contribution in [2.45, 2.75) is 10.1 Å². The van der Waals surface area contributed by atoms with Gasteiger partial charge in [0.2, 0.25) is 0 Å². The van der Waals surface area contributed by atoms with Crippen molar-refractivity contribution >= 4 is 34.5 Å². The Morgan fingerprint density at radius 3 is 2.52 bits per heavy atom. The summed E-state index contributed by atoms with van der Waals surface area (Å²) in [5.41, 5.74) is 3.32. The fourth-order valence-electron chi connectivity index (χ4n) is 2.57. The van der Waals surface area contributed by atoms with Crippen LogP contribution in [0.1, 0.15) is 15.7 Å². The Hall–Kier alpha value is -2.04. The van der Waals surface area contributed by atoms with Gasteiger partial charge in [-0.15, -0.1) is 23.1 Å². The molecule has 4 rings (SSSR count). The maximum absolute atomic E-state index is 13.2. The number of benzene rings is 2. The van der Waals surface area contributed by atoms with Gasteiger partial charge < -0.3 is 5.32 Å². The Labute approximate surface area is 142 Å². The molecule has 0 amide bonds. The lowest BCUT2D eigenvalue weighted by molar-refractivity contribution is 0.627. The summed E-state index contributed by atoms with van der Waals surface area (Å²) in [5.74, 6) is -0.201. The molecule has 0 fully saturated rings. The fraction of sp³-hybridized carbons (Fsp3) is 0.0526. The number of anilines is 1. The molecule has 1 nitrogen and oxygen atoms in total. The van der Waals surface area contributed by atoms with Gasteiger partial charge in [0.1, 0.15) is 5.82 Å². The minimum absolute atomic E-state index is 0.142. The third-order valence-electron chi connectivity index (χ3n) is 3.71. The van der Waals surface area contributed by atoms with E-state index in [2.05, 4.69) is 41.0 Å². The molecule has 0 bridgehead atoms. The number of nitrogens with one attached hydrogen (secondary N) is 1. The third kappa shape index (κ3) is 3.05. The van der Waals surface area contributed by atoms with Crippen molar-refractivity contribution in [3.8, 4) is 0 Å². The summed E-state index contributed by atoms with van der Waals surface area (Å²) in [7, 11) is 0. The van der Waals surface area contributed by atoms with E-state index in [0.717, 1.165) is 16.9 Å². The van der Waals surface area contributed by atoms with Crippen LogP contribution in [-0.2, 0) is 0 Å².